The van der Waals surface area contributed by atoms with E-state index in [2.05, 4.69) is 12.5 Å². The van der Waals surface area contributed by atoms with Gasteiger partial charge in [0, 0.05) is 18.8 Å². The van der Waals surface area contributed by atoms with Gasteiger partial charge >= 0.3 is 5.97 Å². The lowest BCUT2D eigenvalue weighted by Crippen LogP contribution is -2.31. The third-order valence-corrected chi connectivity index (χ3v) is 3.85. The third kappa shape index (κ3) is 5.46. The van der Waals surface area contributed by atoms with Gasteiger partial charge < -0.3 is 14.6 Å². The summed E-state index contributed by atoms with van der Waals surface area (Å²) in [6.07, 6.45) is 7.82. The molecule has 0 amide bonds. The number of carbonyl (C=O) groups excluding carboxylic acids is 1. The van der Waals surface area contributed by atoms with E-state index in [0.717, 1.165) is 11.3 Å². The highest BCUT2D eigenvalue weighted by Gasteiger charge is 2.32. The Morgan fingerprint density at radius 2 is 2.13 bits per heavy atom. The molecule has 0 aliphatic heterocycles. The minimum atomic E-state index is -1.13. The molecule has 0 heterocycles. The van der Waals surface area contributed by atoms with E-state index < -0.39 is 5.60 Å². The predicted octanol–water partition coefficient (Wildman–Crippen LogP) is 3.05. The molecule has 0 bridgehead atoms. The maximum atomic E-state index is 11.7. The van der Waals surface area contributed by atoms with Crippen LogP contribution in [0.3, 0.4) is 0 Å². The SMILES string of the molecule is C#CCCOC(=O)CC[C@H](C=C)[C@@](C)(O)c1ccc(OC)cc1. The molecule has 0 spiro atoms. The highest BCUT2D eigenvalue weighted by molar-refractivity contribution is 5.69. The van der Waals surface area contributed by atoms with Crippen LogP contribution in [-0.2, 0) is 15.1 Å². The van der Waals surface area contributed by atoms with Gasteiger partial charge in [0.1, 0.15) is 12.4 Å². The van der Waals surface area contributed by atoms with Crippen molar-refractivity contribution in [1.82, 2.24) is 0 Å². The summed E-state index contributed by atoms with van der Waals surface area (Å²) in [5.41, 5.74) is -0.392. The van der Waals surface area contributed by atoms with Gasteiger partial charge in [0.2, 0.25) is 0 Å². The van der Waals surface area contributed by atoms with E-state index in [1.807, 2.05) is 0 Å². The standard InChI is InChI=1S/C19H24O4/c1-5-7-14-23-18(20)13-10-15(6-2)19(3,21)16-8-11-17(22-4)12-9-16/h1,6,8-9,11-12,15,21H,2,7,10,13-14H2,3-4H3/t15-,19+/m0/s1. The predicted molar refractivity (Wildman–Crippen MR) is 89.9 cm³/mol. The zero-order valence-electron chi connectivity index (χ0n) is 13.7. The first-order valence-corrected chi connectivity index (χ1v) is 7.54. The molecule has 1 aromatic carbocycles. The van der Waals surface area contributed by atoms with Crippen molar-refractivity contribution >= 4 is 5.97 Å². The lowest BCUT2D eigenvalue weighted by molar-refractivity contribution is -0.144. The summed E-state index contributed by atoms with van der Waals surface area (Å²) in [5.74, 6) is 2.53. The van der Waals surface area contributed by atoms with Crippen LogP contribution < -0.4 is 4.74 Å². The molecule has 4 nitrogen and oxygen atoms in total. The zero-order valence-corrected chi connectivity index (χ0v) is 13.7. The van der Waals surface area contributed by atoms with Crippen LogP contribution in [0.4, 0.5) is 0 Å². The Bertz CT molecular complexity index is 552. The number of ether oxygens (including phenoxy) is 2. The van der Waals surface area contributed by atoms with E-state index in [-0.39, 0.29) is 24.9 Å². The van der Waals surface area contributed by atoms with Crippen LogP contribution in [0.15, 0.2) is 36.9 Å². The van der Waals surface area contributed by atoms with Crippen LogP contribution in [0.25, 0.3) is 0 Å². The van der Waals surface area contributed by atoms with Gasteiger partial charge in [-0.05, 0) is 31.0 Å². The molecule has 0 aromatic heterocycles. The van der Waals surface area contributed by atoms with Gasteiger partial charge in [-0.15, -0.1) is 18.9 Å². The Morgan fingerprint density at radius 1 is 1.48 bits per heavy atom. The first kappa shape index (κ1) is 18.8. The Kier molecular flexibility index (Phi) is 7.37. The van der Waals surface area contributed by atoms with Crippen LogP contribution in [0.1, 0.15) is 31.7 Å². The fourth-order valence-corrected chi connectivity index (χ4v) is 2.34. The van der Waals surface area contributed by atoms with Crippen LogP contribution in [0, 0.1) is 18.3 Å². The summed E-state index contributed by atoms with van der Waals surface area (Å²) in [4.78, 5) is 11.7. The third-order valence-electron chi connectivity index (χ3n) is 3.85. The summed E-state index contributed by atoms with van der Waals surface area (Å²) in [6.45, 7) is 5.71. The van der Waals surface area contributed by atoms with Crippen molar-refractivity contribution in [3.63, 3.8) is 0 Å². The molecule has 0 radical (unpaired) electrons. The van der Waals surface area contributed by atoms with Crippen LogP contribution in [-0.4, -0.2) is 24.8 Å². The minimum Gasteiger partial charge on any atom is -0.497 e. The van der Waals surface area contributed by atoms with Gasteiger partial charge in [-0.3, -0.25) is 4.79 Å². The number of terminal acetylenes is 1. The average molecular weight is 316 g/mol. The van der Waals surface area contributed by atoms with Crippen molar-refractivity contribution in [2.75, 3.05) is 13.7 Å². The quantitative estimate of drug-likeness (QED) is 0.329. The van der Waals surface area contributed by atoms with Gasteiger partial charge in [0.05, 0.1) is 12.7 Å². The van der Waals surface area contributed by atoms with Gasteiger partial charge in [-0.25, -0.2) is 0 Å². The van der Waals surface area contributed by atoms with Crippen molar-refractivity contribution in [2.45, 2.75) is 31.8 Å². The van der Waals surface area contributed by atoms with Crippen molar-refractivity contribution < 1.29 is 19.4 Å². The molecular formula is C19H24O4. The molecule has 4 heteroatoms. The molecule has 1 rings (SSSR count). The molecule has 0 aliphatic rings. The number of esters is 1. The molecular weight excluding hydrogens is 292 g/mol. The van der Waals surface area contributed by atoms with E-state index in [9.17, 15) is 9.90 Å². The second-order valence-electron chi connectivity index (χ2n) is 5.43. The number of rotatable bonds is 9. The minimum absolute atomic E-state index is 0.202. The van der Waals surface area contributed by atoms with Gasteiger partial charge in [0.25, 0.3) is 0 Å². The van der Waals surface area contributed by atoms with E-state index in [0.29, 0.717) is 12.8 Å². The highest BCUT2D eigenvalue weighted by atomic mass is 16.5. The average Bonchev–Trinajstić information content (AvgIpc) is 2.55. The molecule has 1 aromatic rings. The largest absolute Gasteiger partial charge is 0.497 e. The topological polar surface area (TPSA) is 55.8 Å². The van der Waals surface area contributed by atoms with E-state index in [1.165, 1.54) is 0 Å². The Hall–Kier alpha value is -2.25. The Labute approximate surface area is 138 Å². The molecule has 0 saturated carbocycles. The number of hydrogen-bond donors (Lipinski definition) is 1. The molecule has 0 fully saturated rings. The van der Waals surface area contributed by atoms with E-state index in [1.54, 1.807) is 44.4 Å². The molecule has 0 aliphatic carbocycles. The summed E-state index contributed by atoms with van der Waals surface area (Å²) in [6, 6.07) is 7.19. The maximum Gasteiger partial charge on any atom is 0.305 e. The second kappa shape index (κ2) is 9.02. The maximum absolute atomic E-state index is 11.7. The number of aliphatic hydroxyl groups is 1. The van der Waals surface area contributed by atoms with Gasteiger partial charge in [-0.2, -0.15) is 0 Å². The first-order chi connectivity index (χ1) is 11.0. The normalized spacial score (nSPS) is 14.2. The summed E-state index contributed by atoms with van der Waals surface area (Å²) >= 11 is 0. The van der Waals surface area contributed by atoms with Gasteiger partial charge in [0.15, 0.2) is 0 Å². The smallest absolute Gasteiger partial charge is 0.305 e. The van der Waals surface area contributed by atoms with Crippen LogP contribution in [0.2, 0.25) is 0 Å². The monoisotopic (exact) mass is 316 g/mol. The lowest BCUT2D eigenvalue weighted by Gasteiger charge is -2.31. The molecule has 0 unspecified atom stereocenters. The summed E-state index contributed by atoms with van der Waals surface area (Å²) in [7, 11) is 1.59. The second-order valence-corrected chi connectivity index (χ2v) is 5.43. The van der Waals surface area contributed by atoms with Gasteiger partial charge in [-0.1, -0.05) is 18.2 Å². The number of methoxy groups -OCH3 is 1. The molecule has 23 heavy (non-hydrogen) atoms. The molecule has 1 N–H and O–H groups in total. The zero-order chi connectivity index (χ0) is 17.3. The van der Waals surface area contributed by atoms with E-state index >= 15 is 0 Å². The van der Waals surface area contributed by atoms with Crippen LogP contribution in [0.5, 0.6) is 5.75 Å². The van der Waals surface area contributed by atoms with Crippen molar-refractivity contribution in [2.24, 2.45) is 5.92 Å². The summed E-state index contributed by atoms with van der Waals surface area (Å²) in [5, 5.41) is 10.8. The lowest BCUT2D eigenvalue weighted by atomic mass is 9.80. The first-order valence-electron chi connectivity index (χ1n) is 7.54. The van der Waals surface area contributed by atoms with Crippen LogP contribution >= 0.6 is 0 Å². The van der Waals surface area contributed by atoms with Crippen molar-refractivity contribution in [3.8, 4) is 18.1 Å². The highest BCUT2D eigenvalue weighted by Crippen LogP contribution is 2.34. The van der Waals surface area contributed by atoms with E-state index in [4.69, 9.17) is 15.9 Å². The molecule has 2 atom stereocenters. The summed E-state index contributed by atoms with van der Waals surface area (Å²) < 4.78 is 10.1. The Balaban J connectivity index is 2.68. The number of benzene rings is 1. The number of carbonyl (C=O) groups is 1. The molecule has 0 saturated heterocycles. The number of hydrogen-bond acceptors (Lipinski definition) is 4. The van der Waals surface area contributed by atoms with Crippen molar-refractivity contribution in [1.29, 1.82) is 0 Å². The fourth-order valence-electron chi connectivity index (χ4n) is 2.34. The molecule has 124 valence electrons. The fraction of sp³-hybridized carbons (Fsp3) is 0.421. The van der Waals surface area contributed by atoms with Crippen molar-refractivity contribution in [3.05, 3.63) is 42.5 Å². The Morgan fingerprint density at radius 3 is 2.65 bits per heavy atom.